The number of aliphatic hydroxyl groups is 2. The number of esters is 1. The number of fused-ring (bicyclic) bond motifs is 1. The third kappa shape index (κ3) is 3.00. The summed E-state index contributed by atoms with van der Waals surface area (Å²) in [6.07, 6.45) is -1.09. The van der Waals surface area contributed by atoms with Gasteiger partial charge in [0.1, 0.15) is 12.4 Å². The van der Waals surface area contributed by atoms with Crippen LogP contribution in [0.2, 0.25) is 0 Å². The Bertz CT molecular complexity index is 728. The molecular formula is C19H20O5. The number of benzene rings is 2. The van der Waals surface area contributed by atoms with Crippen LogP contribution in [0.4, 0.5) is 0 Å². The van der Waals surface area contributed by atoms with E-state index >= 15 is 0 Å². The monoisotopic (exact) mass is 328 g/mol. The van der Waals surface area contributed by atoms with Gasteiger partial charge in [-0.2, -0.15) is 0 Å². The summed E-state index contributed by atoms with van der Waals surface area (Å²) in [4.78, 5) is 12.4. The average molecular weight is 328 g/mol. The number of carbonyl (C=O) groups is 1. The highest BCUT2D eigenvalue weighted by Gasteiger charge is 2.48. The number of hydrogen-bond acceptors (Lipinski definition) is 5. The van der Waals surface area contributed by atoms with Gasteiger partial charge >= 0.3 is 5.97 Å². The van der Waals surface area contributed by atoms with Crippen LogP contribution >= 0.6 is 0 Å². The van der Waals surface area contributed by atoms with Gasteiger partial charge in [0.15, 0.2) is 5.60 Å². The van der Waals surface area contributed by atoms with Crippen LogP contribution in [0.5, 0.6) is 5.75 Å². The molecule has 2 aromatic rings. The SMILES string of the molecule is COc1cccc2c1C[C@](O)(C(=O)OCc1ccccc1)[C@@H](O)C2. The van der Waals surface area contributed by atoms with Crippen molar-refractivity contribution >= 4 is 5.97 Å². The number of aliphatic hydroxyl groups excluding tert-OH is 1. The van der Waals surface area contributed by atoms with Crippen molar-refractivity contribution in [2.45, 2.75) is 31.2 Å². The van der Waals surface area contributed by atoms with Crippen LogP contribution in [0, 0.1) is 0 Å². The van der Waals surface area contributed by atoms with Gasteiger partial charge in [0.2, 0.25) is 0 Å². The van der Waals surface area contributed by atoms with Gasteiger partial charge in [-0.15, -0.1) is 0 Å². The molecule has 2 N–H and O–H groups in total. The van der Waals surface area contributed by atoms with E-state index in [1.54, 1.807) is 6.07 Å². The molecule has 126 valence electrons. The predicted octanol–water partition coefficient (Wildman–Crippen LogP) is 1.63. The van der Waals surface area contributed by atoms with Crippen molar-refractivity contribution in [1.29, 1.82) is 0 Å². The molecule has 0 unspecified atom stereocenters. The van der Waals surface area contributed by atoms with E-state index in [0.29, 0.717) is 5.75 Å². The molecule has 0 aliphatic heterocycles. The first-order valence-electron chi connectivity index (χ1n) is 7.81. The maximum Gasteiger partial charge on any atom is 0.341 e. The largest absolute Gasteiger partial charge is 0.496 e. The van der Waals surface area contributed by atoms with Crippen molar-refractivity contribution in [1.82, 2.24) is 0 Å². The van der Waals surface area contributed by atoms with E-state index in [-0.39, 0.29) is 19.4 Å². The van der Waals surface area contributed by atoms with Crippen LogP contribution < -0.4 is 4.74 Å². The summed E-state index contributed by atoms with van der Waals surface area (Å²) in [5.74, 6) is -0.232. The summed E-state index contributed by atoms with van der Waals surface area (Å²) in [7, 11) is 1.54. The van der Waals surface area contributed by atoms with E-state index in [0.717, 1.165) is 16.7 Å². The molecule has 5 nitrogen and oxygen atoms in total. The van der Waals surface area contributed by atoms with Gasteiger partial charge in [-0.3, -0.25) is 0 Å². The van der Waals surface area contributed by atoms with Crippen molar-refractivity contribution in [3.8, 4) is 5.75 Å². The van der Waals surface area contributed by atoms with Gasteiger partial charge in [0.25, 0.3) is 0 Å². The smallest absolute Gasteiger partial charge is 0.341 e. The molecule has 0 amide bonds. The fourth-order valence-corrected chi connectivity index (χ4v) is 3.01. The quantitative estimate of drug-likeness (QED) is 0.834. The van der Waals surface area contributed by atoms with E-state index in [1.165, 1.54) is 7.11 Å². The van der Waals surface area contributed by atoms with Crippen LogP contribution in [0.3, 0.4) is 0 Å². The first kappa shape index (κ1) is 16.5. The molecule has 0 bridgehead atoms. The Labute approximate surface area is 140 Å². The lowest BCUT2D eigenvalue weighted by atomic mass is 9.78. The van der Waals surface area contributed by atoms with Crippen LogP contribution in [-0.2, 0) is 29.0 Å². The van der Waals surface area contributed by atoms with E-state index in [9.17, 15) is 15.0 Å². The normalized spacial score (nSPS) is 22.5. The Hall–Kier alpha value is -2.37. The van der Waals surface area contributed by atoms with E-state index in [2.05, 4.69) is 0 Å². The first-order chi connectivity index (χ1) is 11.5. The van der Waals surface area contributed by atoms with Crippen LogP contribution in [0.25, 0.3) is 0 Å². The lowest BCUT2D eigenvalue weighted by Gasteiger charge is -2.36. The molecule has 5 heteroatoms. The van der Waals surface area contributed by atoms with E-state index in [4.69, 9.17) is 9.47 Å². The molecule has 0 heterocycles. The zero-order chi connectivity index (χ0) is 17.2. The molecule has 2 aromatic carbocycles. The van der Waals surface area contributed by atoms with Crippen LogP contribution in [0.1, 0.15) is 16.7 Å². The minimum atomic E-state index is -1.98. The average Bonchev–Trinajstić information content (AvgIpc) is 2.61. The van der Waals surface area contributed by atoms with Crippen molar-refractivity contribution in [2.75, 3.05) is 7.11 Å². The molecule has 1 aliphatic carbocycles. The van der Waals surface area contributed by atoms with Crippen LogP contribution in [0.15, 0.2) is 48.5 Å². The standard InChI is InChI=1S/C19H20O5/c1-23-16-9-5-8-14-10-17(20)19(22,11-15(14)16)18(21)24-12-13-6-3-2-4-7-13/h2-9,17,20,22H,10-12H2,1H3/t17-,19+/m0/s1. The third-order valence-electron chi connectivity index (χ3n) is 4.43. The fourth-order valence-electron chi connectivity index (χ4n) is 3.01. The zero-order valence-electron chi connectivity index (χ0n) is 13.4. The van der Waals surface area contributed by atoms with Crippen molar-refractivity contribution < 1.29 is 24.5 Å². The second kappa shape index (κ2) is 6.63. The van der Waals surface area contributed by atoms with E-state index < -0.39 is 17.7 Å². The van der Waals surface area contributed by atoms with Crippen molar-refractivity contribution in [3.63, 3.8) is 0 Å². The van der Waals surface area contributed by atoms with Gasteiger partial charge in [-0.25, -0.2) is 4.79 Å². The molecule has 0 saturated heterocycles. The Morgan fingerprint density at radius 2 is 1.96 bits per heavy atom. The molecule has 3 rings (SSSR count). The molecule has 0 aromatic heterocycles. The Kier molecular flexibility index (Phi) is 4.55. The molecule has 0 radical (unpaired) electrons. The van der Waals surface area contributed by atoms with Gasteiger partial charge in [-0.1, -0.05) is 42.5 Å². The second-order valence-electron chi connectivity index (χ2n) is 5.98. The zero-order valence-corrected chi connectivity index (χ0v) is 13.4. The van der Waals surface area contributed by atoms with E-state index in [1.807, 2.05) is 42.5 Å². The summed E-state index contributed by atoms with van der Waals surface area (Å²) in [6, 6.07) is 14.7. The molecule has 0 spiro atoms. The molecule has 24 heavy (non-hydrogen) atoms. The molecule has 0 fully saturated rings. The number of rotatable bonds is 4. The highest BCUT2D eigenvalue weighted by molar-refractivity contribution is 5.81. The predicted molar refractivity (Wildman–Crippen MR) is 87.6 cm³/mol. The number of hydrogen-bond donors (Lipinski definition) is 2. The van der Waals surface area contributed by atoms with Gasteiger partial charge in [-0.05, 0) is 17.2 Å². The second-order valence-corrected chi connectivity index (χ2v) is 5.98. The van der Waals surface area contributed by atoms with Gasteiger partial charge < -0.3 is 19.7 Å². The Balaban J connectivity index is 1.79. The highest BCUT2D eigenvalue weighted by atomic mass is 16.6. The summed E-state index contributed by atoms with van der Waals surface area (Å²) in [5.41, 5.74) is 0.431. The first-order valence-corrected chi connectivity index (χ1v) is 7.81. The van der Waals surface area contributed by atoms with Gasteiger partial charge in [0, 0.05) is 18.4 Å². The van der Waals surface area contributed by atoms with Crippen molar-refractivity contribution in [3.05, 3.63) is 65.2 Å². The summed E-state index contributed by atoms with van der Waals surface area (Å²) >= 11 is 0. The van der Waals surface area contributed by atoms with Gasteiger partial charge in [0.05, 0.1) is 13.2 Å². The maximum absolute atomic E-state index is 12.4. The Morgan fingerprint density at radius 1 is 1.21 bits per heavy atom. The maximum atomic E-state index is 12.4. The molecule has 1 aliphatic rings. The summed E-state index contributed by atoms with van der Waals surface area (Å²) < 4.78 is 10.5. The third-order valence-corrected chi connectivity index (χ3v) is 4.43. The molecule has 0 saturated carbocycles. The molecular weight excluding hydrogens is 308 g/mol. The lowest BCUT2D eigenvalue weighted by molar-refractivity contribution is -0.180. The number of methoxy groups -OCH3 is 1. The molecule has 2 atom stereocenters. The Morgan fingerprint density at radius 3 is 2.67 bits per heavy atom. The topological polar surface area (TPSA) is 76.0 Å². The summed E-state index contributed by atoms with van der Waals surface area (Å²) in [5, 5.41) is 21.1. The lowest BCUT2D eigenvalue weighted by Crippen LogP contribution is -2.55. The summed E-state index contributed by atoms with van der Waals surface area (Å²) in [6.45, 7) is 0.0491. The van der Waals surface area contributed by atoms with Crippen LogP contribution in [-0.4, -0.2) is 35.0 Å². The van der Waals surface area contributed by atoms with Crippen molar-refractivity contribution in [2.24, 2.45) is 0 Å². The fraction of sp³-hybridized carbons (Fsp3) is 0.316. The highest BCUT2D eigenvalue weighted by Crippen LogP contribution is 2.35. The minimum Gasteiger partial charge on any atom is -0.496 e. The number of ether oxygens (including phenoxy) is 2. The number of carbonyl (C=O) groups excluding carboxylic acids is 1. The minimum absolute atomic E-state index is 0.0405.